The van der Waals surface area contributed by atoms with E-state index < -0.39 is 11.7 Å². The van der Waals surface area contributed by atoms with E-state index in [1.165, 1.54) is 24.5 Å². The first-order valence-corrected chi connectivity index (χ1v) is 7.92. The first-order chi connectivity index (χ1) is 12.3. The van der Waals surface area contributed by atoms with Crippen LogP contribution in [0.5, 0.6) is 0 Å². The lowest BCUT2D eigenvalue weighted by atomic mass is 10.1. The summed E-state index contributed by atoms with van der Waals surface area (Å²) in [4.78, 5) is 19.6. The summed E-state index contributed by atoms with van der Waals surface area (Å²) in [5, 5.41) is 5.10. The highest BCUT2D eigenvalue weighted by Gasteiger charge is 2.34. The second kappa shape index (κ2) is 8.81. The third-order valence-electron chi connectivity index (χ3n) is 3.26. The van der Waals surface area contributed by atoms with Crippen molar-refractivity contribution in [3.05, 3.63) is 46.7 Å². The van der Waals surface area contributed by atoms with Crippen molar-refractivity contribution in [3.63, 3.8) is 0 Å². The van der Waals surface area contributed by atoms with E-state index in [0.717, 1.165) is 6.07 Å². The van der Waals surface area contributed by atoms with Crippen molar-refractivity contribution >= 4 is 29.1 Å². The number of rotatable bonds is 7. The molecule has 0 bridgehead atoms. The largest absolute Gasteiger partial charge is 0.418 e. The molecule has 1 amide bonds. The maximum absolute atomic E-state index is 13.1. The number of alkyl halides is 3. The first-order valence-electron chi connectivity index (χ1n) is 7.54. The highest BCUT2D eigenvalue weighted by atomic mass is 35.5. The standard InChI is InChI=1S/C16H16ClF3N4O2/c1-26-6-2-5-21-14(25)10-8-22-15(23-9-10)24-13-4-3-11(17)7-12(13)16(18,19)20/h3-4,7-9H,2,5-6H2,1H3,(H,21,25)(H,22,23,24). The SMILES string of the molecule is COCCCNC(=O)c1cnc(Nc2ccc(Cl)cc2C(F)(F)F)nc1. The molecule has 140 valence electrons. The van der Waals surface area contributed by atoms with E-state index in [0.29, 0.717) is 19.6 Å². The van der Waals surface area contributed by atoms with Gasteiger partial charge in [-0.2, -0.15) is 13.2 Å². The van der Waals surface area contributed by atoms with Gasteiger partial charge in [0.15, 0.2) is 0 Å². The van der Waals surface area contributed by atoms with Crippen molar-refractivity contribution in [2.75, 3.05) is 25.6 Å². The van der Waals surface area contributed by atoms with E-state index in [9.17, 15) is 18.0 Å². The van der Waals surface area contributed by atoms with Crippen molar-refractivity contribution in [1.29, 1.82) is 0 Å². The Balaban J connectivity index is 2.07. The van der Waals surface area contributed by atoms with Crippen LogP contribution >= 0.6 is 11.6 Å². The second-order valence-electron chi connectivity index (χ2n) is 5.21. The number of hydrogen-bond acceptors (Lipinski definition) is 5. The molecular weight excluding hydrogens is 373 g/mol. The van der Waals surface area contributed by atoms with Crippen LogP contribution in [0, 0.1) is 0 Å². The zero-order valence-corrected chi connectivity index (χ0v) is 14.5. The number of amides is 1. The fourth-order valence-electron chi connectivity index (χ4n) is 2.01. The maximum Gasteiger partial charge on any atom is 0.418 e. The lowest BCUT2D eigenvalue weighted by Gasteiger charge is -2.14. The van der Waals surface area contributed by atoms with Gasteiger partial charge in [-0.15, -0.1) is 0 Å². The van der Waals surface area contributed by atoms with Crippen LogP contribution in [0.4, 0.5) is 24.8 Å². The Morgan fingerprint density at radius 2 is 1.96 bits per heavy atom. The van der Waals surface area contributed by atoms with Crippen LogP contribution in [0.2, 0.25) is 5.02 Å². The van der Waals surface area contributed by atoms with Crippen LogP contribution in [0.3, 0.4) is 0 Å². The first kappa shape index (κ1) is 19.9. The summed E-state index contributed by atoms with van der Waals surface area (Å²) in [6, 6.07) is 3.32. The van der Waals surface area contributed by atoms with Gasteiger partial charge in [-0.05, 0) is 24.6 Å². The third kappa shape index (κ3) is 5.57. The number of anilines is 2. The number of halogens is 4. The summed E-state index contributed by atoms with van der Waals surface area (Å²) in [5.74, 6) is -0.455. The Kier molecular flexibility index (Phi) is 6.76. The highest BCUT2D eigenvalue weighted by molar-refractivity contribution is 6.30. The van der Waals surface area contributed by atoms with E-state index in [1.54, 1.807) is 7.11 Å². The normalized spacial score (nSPS) is 11.3. The number of ether oxygens (including phenoxy) is 1. The van der Waals surface area contributed by atoms with Crippen molar-refractivity contribution in [2.24, 2.45) is 0 Å². The van der Waals surface area contributed by atoms with Crippen molar-refractivity contribution in [2.45, 2.75) is 12.6 Å². The van der Waals surface area contributed by atoms with Gasteiger partial charge in [0.1, 0.15) is 0 Å². The van der Waals surface area contributed by atoms with Gasteiger partial charge in [-0.1, -0.05) is 11.6 Å². The van der Waals surface area contributed by atoms with E-state index in [4.69, 9.17) is 16.3 Å². The average molecular weight is 389 g/mol. The minimum atomic E-state index is -4.59. The molecule has 1 aromatic heterocycles. The fourth-order valence-corrected chi connectivity index (χ4v) is 2.18. The van der Waals surface area contributed by atoms with Gasteiger partial charge in [-0.25, -0.2) is 9.97 Å². The Bertz CT molecular complexity index is 754. The zero-order chi connectivity index (χ0) is 19.2. The number of carbonyl (C=O) groups excluding carboxylic acids is 1. The molecule has 0 saturated carbocycles. The summed E-state index contributed by atoms with van der Waals surface area (Å²) in [6.45, 7) is 0.939. The predicted molar refractivity (Wildman–Crippen MR) is 90.6 cm³/mol. The number of benzene rings is 1. The third-order valence-corrected chi connectivity index (χ3v) is 3.49. The molecule has 0 spiro atoms. The molecule has 2 aromatic rings. The maximum atomic E-state index is 13.1. The van der Waals surface area contributed by atoms with Gasteiger partial charge in [-0.3, -0.25) is 4.79 Å². The van der Waals surface area contributed by atoms with Crippen molar-refractivity contribution in [1.82, 2.24) is 15.3 Å². The number of methoxy groups -OCH3 is 1. The smallest absolute Gasteiger partial charge is 0.385 e. The molecule has 6 nitrogen and oxygen atoms in total. The lowest BCUT2D eigenvalue weighted by Crippen LogP contribution is -2.25. The van der Waals surface area contributed by atoms with E-state index in [-0.39, 0.29) is 28.1 Å². The molecule has 0 radical (unpaired) electrons. The average Bonchev–Trinajstić information content (AvgIpc) is 2.60. The number of carbonyl (C=O) groups is 1. The minimum Gasteiger partial charge on any atom is -0.385 e. The van der Waals surface area contributed by atoms with Crippen LogP contribution in [0.15, 0.2) is 30.6 Å². The van der Waals surface area contributed by atoms with Gasteiger partial charge in [0.2, 0.25) is 5.95 Å². The Labute approximate surface area is 152 Å². The number of nitrogens with one attached hydrogen (secondary N) is 2. The van der Waals surface area contributed by atoms with Gasteiger partial charge >= 0.3 is 6.18 Å². The van der Waals surface area contributed by atoms with Crippen LogP contribution in [0.25, 0.3) is 0 Å². The van der Waals surface area contributed by atoms with E-state index >= 15 is 0 Å². The Morgan fingerprint density at radius 1 is 1.27 bits per heavy atom. The topological polar surface area (TPSA) is 76.1 Å². The van der Waals surface area contributed by atoms with Crippen LogP contribution in [-0.2, 0) is 10.9 Å². The quantitative estimate of drug-likeness (QED) is 0.708. The molecule has 0 unspecified atom stereocenters. The lowest BCUT2D eigenvalue weighted by molar-refractivity contribution is -0.136. The van der Waals surface area contributed by atoms with Crippen LogP contribution in [-0.4, -0.2) is 36.1 Å². The van der Waals surface area contributed by atoms with Crippen LogP contribution < -0.4 is 10.6 Å². The molecule has 0 aliphatic heterocycles. The van der Waals surface area contributed by atoms with Gasteiger partial charge in [0.05, 0.1) is 16.8 Å². The molecule has 1 heterocycles. The molecule has 0 atom stereocenters. The molecule has 0 aliphatic rings. The predicted octanol–water partition coefficient (Wildman–Crippen LogP) is 3.66. The second-order valence-corrected chi connectivity index (χ2v) is 5.65. The summed E-state index contributed by atoms with van der Waals surface area (Å²) in [6.07, 6.45) is -1.48. The molecule has 0 aliphatic carbocycles. The number of hydrogen-bond donors (Lipinski definition) is 2. The zero-order valence-electron chi connectivity index (χ0n) is 13.7. The monoisotopic (exact) mass is 388 g/mol. The van der Waals surface area contributed by atoms with Gasteiger partial charge < -0.3 is 15.4 Å². The summed E-state index contributed by atoms with van der Waals surface area (Å²) in [7, 11) is 1.56. The molecule has 0 saturated heterocycles. The molecule has 1 aromatic carbocycles. The molecule has 0 fully saturated rings. The molecule has 26 heavy (non-hydrogen) atoms. The number of aromatic nitrogens is 2. The van der Waals surface area contributed by atoms with Gasteiger partial charge in [0.25, 0.3) is 5.91 Å². The number of nitrogens with zero attached hydrogens (tertiary/aromatic N) is 2. The molecule has 2 rings (SSSR count). The Hall–Kier alpha value is -2.39. The Morgan fingerprint density at radius 3 is 2.58 bits per heavy atom. The summed E-state index contributed by atoms with van der Waals surface area (Å²) < 4.78 is 44.1. The molecule has 10 heteroatoms. The van der Waals surface area contributed by atoms with Crippen molar-refractivity contribution in [3.8, 4) is 0 Å². The summed E-state index contributed by atoms with van der Waals surface area (Å²) in [5.41, 5.74) is -0.979. The molecular formula is C16H16ClF3N4O2. The summed E-state index contributed by atoms with van der Waals surface area (Å²) >= 11 is 5.63. The highest BCUT2D eigenvalue weighted by Crippen LogP contribution is 2.37. The van der Waals surface area contributed by atoms with E-state index in [2.05, 4.69) is 20.6 Å². The van der Waals surface area contributed by atoms with Crippen molar-refractivity contribution < 1.29 is 22.7 Å². The minimum absolute atomic E-state index is 0.0377. The van der Waals surface area contributed by atoms with Crippen LogP contribution in [0.1, 0.15) is 22.3 Å². The van der Waals surface area contributed by atoms with Gasteiger partial charge in [0, 0.05) is 37.7 Å². The molecule has 2 N–H and O–H groups in total. The van der Waals surface area contributed by atoms with E-state index in [1.807, 2.05) is 0 Å². The fraction of sp³-hybridized carbons (Fsp3) is 0.312.